The van der Waals surface area contributed by atoms with Gasteiger partial charge in [0.2, 0.25) is 0 Å². The van der Waals surface area contributed by atoms with E-state index in [1.165, 1.54) is 36.4 Å². The number of benzene rings is 1. The van der Waals surface area contributed by atoms with Crippen molar-refractivity contribution in [3.63, 3.8) is 0 Å². The number of ether oxygens (including phenoxy) is 1. The number of alkyl halides is 3. The highest BCUT2D eigenvalue weighted by Gasteiger charge is 2.32. The summed E-state index contributed by atoms with van der Waals surface area (Å²) in [6.07, 6.45) is -4.80. The monoisotopic (exact) mass is 294 g/mol. The molecule has 0 aliphatic heterocycles. The Balaban J connectivity index is 2.30. The number of nitrogens with two attached hydrogens (primary N) is 1. The van der Waals surface area contributed by atoms with Crippen LogP contribution in [-0.4, -0.2) is 11.3 Å². The molecule has 2 aromatic rings. The Kier molecular flexibility index (Phi) is 3.84. The van der Waals surface area contributed by atoms with Gasteiger partial charge >= 0.3 is 6.36 Å². The minimum atomic E-state index is -4.80. The van der Waals surface area contributed by atoms with Gasteiger partial charge in [0.15, 0.2) is 11.4 Å². The third kappa shape index (κ3) is 3.76. The van der Waals surface area contributed by atoms with Crippen LogP contribution in [-0.2, 0) is 0 Å². The zero-order chi connectivity index (χ0) is 15.5. The molecule has 108 valence electrons. The molecule has 1 aromatic heterocycles. The normalized spacial score (nSPS) is 10.8. The minimum Gasteiger partial charge on any atom is -0.404 e. The van der Waals surface area contributed by atoms with Gasteiger partial charge in [-0.1, -0.05) is 12.1 Å². The van der Waals surface area contributed by atoms with E-state index >= 15 is 0 Å². The molecule has 0 aliphatic rings. The average Bonchev–Trinajstić information content (AvgIpc) is 2.41. The number of rotatable bonds is 3. The summed E-state index contributed by atoms with van der Waals surface area (Å²) in [7, 11) is 0. The van der Waals surface area contributed by atoms with E-state index in [1.54, 1.807) is 6.07 Å². The molecule has 2 rings (SSSR count). The first kappa shape index (κ1) is 14.5. The fourth-order valence-electron chi connectivity index (χ4n) is 1.55. The molecule has 21 heavy (non-hydrogen) atoms. The van der Waals surface area contributed by atoms with Crippen LogP contribution >= 0.6 is 0 Å². The second kappa shape index (κ2) is 5.58. The van der Waals surface area contributed by atoms with Gasteiger partial charge in [-0.25, -0.2) is 4.98 Å². The predicted octanol–water partition coefficient (Wildman–Crippen LogP) is 3.18. The average molecular weight is 294 g/mol. The number of pyridine rings is 1. The standard InChI is InChI=1S/C13H9F3N4O/c14-13(15,16)21-11-4-2-1-3-9(11)19-12-6-5-8(18)10(7-17)20-12/h1-6H,18H2,(H,19,20). The molecule has 3 N–H and O–H groups in total. The van der Waals surface area contributed by atoms with Gasteiger partial charge < -0.3 is 15.8 Å². The van der Waals surface area contributed by atoms with Gasteiger partial charge in [-0.15, -0.1) is 13.2 Å². The van der Waals surface area contributed by atoms with E-state index in [4.69, 9.17) is 11.0 Å². The molecule has 0 aliphatic carbocycles. The summed E-state index contributed by atoms with van der Waals surface area (Å²) in [5, 5.41) is 11.5. The Morgan fingerprint density at radius 1 is 1.19 bits per heavy atom. The van der Waals surface area contributed by atoms with Gasteiger partial charge in [0.25, 0.3) is 0 Å². The Morgan fingerprint density at radius 2 is 1.90 bits per heavy atom. The van der Waals surface area contributed by atoms with Crippen molar-refractivity contribution in [1.82, 2.24) is 4.98 Å². The smallest absolute Gasteiger partial charge is 0.404 e. The molecule has 0 radical (unpaired) electrons. The maximum atomic E-state index is 12.3. The van der Waals surface area contributed by atoms with E-state index < -0.39 is 12.1 Å². The summed E-state index contributed by atoms with van der Waals surface area (Å²) < 4.78 is 40.8. The zero-order valence-electron chi connectivity index (χ0n) is 10.5. The lowest BCUT2D eigenvalue weighted by atomic mass is 10.2. The van der Waals surface area contributed by atoms with Crippen LogP contribution in [0.25, 0.3) is 0 Å². The Hall–Kier alpha value is -2.95. The maximum Gasteiger partial charge on any atom is 0.573 e. The van der Waals surface area contributed by atoms with Crippen LogP contribution in [0.15, 0.2) is 36.4 Å². The van der Waals surface area contributed by atoms with Crippen LogP contribution in [0, 0.1) is 11.3 Å². The number of aromatic nitrogens is 1. The molecule has 1 aromatic carbocycles. The van der Waals surface area contributed by atoms with Crippen molar-refractivity contribution in [2.24, 2.45) is 0 Å². The van der Waals surface area contributed by atoms with Crippen LogP contribution in [0.3, 0.4) is 0 Å². The van der Waals surface area contributed by atoms with E-state index in [1.807, 2.05) is 0 Å². The first-order chi connectivity index (χ1) is 9.89. The highest BCUT2D eigenvalue weighted by molar-refractivity contribution is 5.66. The Labute approximate surface area is 117 Å². The molecule has 8 heteroatoms. The summed E-state index contributed by atoms with van der Waals surface area (Å²) in [5.74, 6) is -0.221. The molecule has 0 saturated heterocycles. The Bertz CT molecular complexity index is 695. The third-order valence-corrected chi connectivity index (χ3v) is 2.41. The molecule has 0 spiro atoms. The van der Waals surface area contributed by atoms with Crippen LogP contribution < -0.4 is 15.8 Å². The number of nitriles is 1. The van der Waals surface area contributed by atoms with Crippen LogP contribution in [0.5, 0.6) is 5.75 Å². The molecule has 1 heterocycles. The van der Waals surface area contributed by atoms with E-state index in [0.29, 0.717) is 0 Å². The number of anilines is 3. The summed E-state index contributed by atoms with van der Waals surface area (Å²) in [5.41, 5.74) is 5.75. The minimum absolute atomic E-state index is 0.0192. The van der Waals surface area contributed by atoms with Crippen molar-refractivity contribution in [3.05, 3.63) is 42.1 Å². The number of hydrogen-bond donors (Lipinski definition) is 2. The number of nitrogens with zero attached hydrogens (tertiary/aromatic N) is 2. The predicted molar refractivity (Wildman–Crippen MR) is 69.8 cm³/mol. The number of hydrogen-bond acceptors (Lipinski definition) is 5. The van der Waals surface area contributed by atoms with Gasteiger partial charge in [0, 0.05) is 0 Å². The third-order valence-electron chi connectivity index (χ3n) is 2.41. The maximum absolute atomic E-state index is 12.3. The van der Waals surface area contributed by atoms with Crippen molar-refractivity contribution < 1.29 is 17.9 Å². The van der Waals surface area contributed by atoms with Crippen LogP contribution in [0.1, 0.15) is 5.69 Å². The largest absolute Gasteiger partial charge is 0.573 e. The molecular formula is C13H9F3N4O. The van der Waals surface area contributed by atoms with Crippen molar-refractivity contribution in [2.45, 2.75) is 6.36 Å². The van der Waals surface area contributed by atoms with Crippen molar-refractivity contribution >= 4 is 17.2 Å². The topological polar surface area (TPSA) is 84.0 Å². The fourth-order valence-corrected chi connectivity index (χ4v) is 1.55. The quantitative estimate of drug-likeness (QED) is 0.908. The van der Waals surface area contributed by atoms with Gasteiger partial charge in [0.05, 0.1) is 11.4 Å². The summed E-state index contributed by atoms with van der Waals surface area (Å²) in [6.45, 7) is 0. The van der Waals surface area contributed by atoms with E-state index in [0.717, 1.165) is 0 Å². The van der Waals surface area contributed by atoms with Gasteiger partial charge in [0.1, 0.15) is 11.9 Å². The summed E-state index contributed by atoms with van der Waals surface area (Å²) in [6, 6.07) is 10.2. The Morgan fingerprint density at radius 3 is 2.57 bits per heavy atom. The number of halogens is 3. The SMILES string of the molecule is N#Cc1nc(Nc2ccccc2OC(F)(F)F)ccc1N. The van der Waals surface area contributed by atoms with Crippen molar-refractivity contribution in [1.29, 1.82) is 5.26 Å². The molecule has 0 atom stereocenters. The summed E-state index contributed by atoms with van der Waals surface area (Å²) in [4.78, 5) is 3.89. The van der Waals surface area contributed by atoms with Crippen molar-refractivity contribution in [2.75, 3.05) is 11.1 Å². The van der Waals surface area contributed by atoms with E-state index in [9.17, 15) is 13.2 Å². The van der Waals surface area contributed by atoms with Crippen molar-refractivity contribution in [3.8, 4) is 11.8 Å². The lowest BCUT2D eigenvalue weighted by molar-refractivity contribution is -0.274. The highest BCUT2D eigenvalue weighted by Crippen LogP contribution is 2.31. The number of nitrogen functional groups attached to an aromatic ring is 1. The first-order valence-corrected chi connectivity index (χ1v) is 5.67. The summed E-state index contributed by atoms with van der Waals surface area (Å²) >= 11 is 0. The molecule has 0 unspecified atom stereocenters. The van der Waals surface area contributed by atoms with E-state index in [-0.39, 0.29) is 22.9 Å². The fraction of sp³-hybridized carbons (Fsp3) is 0.0769. The lowest BCUT2D eigenvalue weighted by Gasteiger charge is -2.14. The van der Waals surface area contributed by atoms with Gasteiger partial charge in [-0.2, -0.15) is 5.26 Å². The number of nitrogens with one attached hydrogen (secondary N) is 1. The lowest BCUT2D eigenvalue weighted by Crippen LogP contribution is -2.17. The van der Waals surface area contributed by atoms with Crippen LogP contribution in [0.4, 0.5) is 30.4 Å². The van der Waals surface area contributed by atoms with Gasteiger partial charge in [-0.05, 0) is 24.3 Å². The second-order valence-electron chi connectivity index (χ2n) is 3.92. The second-order valence-corrected chi connectivity index (χ2v) is 3.92. The van der Waals surface area contributed by atoms with Crippen LogP contribution in [0.2, 0.25) is 0 Å². The zero-order valence-corrected chi connectivity index (χ0v) is 10.5. The molecule has 0 bridgehead atoms. The van der Waals surface area contributed by atoms with Gasteiger partial charge in [-0.3, -0.25) is 0 Å². The highest BCUT2D eigenvalue weighted by atomic mass is 19.4. The first-order valence-electron chi connectivity index (χ1n) is 5.67. The molecule has 0 saturated carbocycles. The molecule has 5 nitrogen and oxygen atoms in total. The molecule has 0 fully saturated rings. The number of para-hydroxylation sites is 2. The molecular weight excluding hydrogens is 285 g/mol. The molecule has 0 amide bonds. The van der Waals surface area contributed by atoms with E-state index in [2.05, 4.69) is 15.0 Å².